The maximum atomic E-state index is 12.7. The van der Waals surface area contributed by atoms with Gasteiger partial charge in [0.15, 0.2) is 0 Å². The van der Waals surface area contributed by atoms with E-state index in [-0.39, 0.29) is 17.3 Å². The summed E-state index contributed by atoms with van der Waals surface area (Å²) in [6.07, 6.45) is 1.06. The average molecular weight is 259 g/mol. The lowest BCUT2D eigenvalue weighted by atomic mass is 10.3. The van der Waals surface area contributed by atoms with Gasteiger partial charge in [0.2, 0.25) is 5.82 Å². The van der Waals surface area contributed by atoms with Crippen molar-refractivity contribution in [2.75, 3.05) is 0 Å². The fourth-order valence-electron chi connectivity index (χ4n) is 1.40. The molecule has 3 rings (SSSR count). The van der Waals surface area contributed by atoms with E-state index < -0.39 is 5.82 Å². The van der Waals surface area contributed by atoms with Crippen LogP contribution in [0.1, 0.15) is 0 Å². The summed E-state index contributed by atoms with van der Waals surface area (Å²) in [5.41, 5.74) is 0.380. The maximum absolute atomic E-state index is 12.7. The highest BCUT2D eigenvalue weighted by Crippen LogP contribution is 2.18. The van der Waals surface area contributed by atoms with Crippen LogP contribution >= 0.6 is 0 Å². The van der Waals surface area contributed by atoms with Crippen molar-refractivity contribution in [2.45, 2.75) is 0 Å². The number of nitrogens with zero attached hydrogens (tertiary/aromatic N) is 4. The first-order valence-electron chi connectivity index (χ1n) is 5.24. The predicted molar refractivity (Wildman–Crippen MR) is 61.3 cm³/mol. The SMILES string of the molecule is O=c1ccc(-c2nc(-c3ccc(F)cn3)no2)n[nH]1. The molecule has 0 atom stereocenters. The number of H-pyrrole nitrogens is 1. The zero-order valence-corrected chi connectivity index (χ0v) is 9.37. The molecule has 0 radical (unpaired) electrons. The van der Waals surface area contributed by atoms with Gasteiger partial charge in [-0.2, -0.15) is 10.1 Å². The highest BCUT2D eigenvalue weighted by molar-refractivity contribution is 5.53. The highest BCUT2D eigenvalue weighted by Gasteiger charge is 2.12. The summed E-state index contributed by atoms with van der Waals surface area (Å²) in [6, 6.07) is 5.43. The Labute approximate surface area is 105 Å². The van der Waals surface area contributed by atoms with Crippen LogP contribution in [0.2, 0.25) is 0 Å². The summed E-state index contributed by atoms with van der Waals surface area (Å²) in [5.74, 6) is -0.102. The van der Waals surface area contributed by atoms with Crippen LogP contribution in [0.4, 0.5) is 4.39 Å². The van der Waals surface area contributed by atoms with Crippen molar-refractivity contribution in [3.05, 3.63) is 46.6 Å². The van der Waals surface area contributed by atoms with Gasteiger partial charge in [-0.1, -0.05) is 5.16 Å². The Morgan fingerprint density at radius 1 is 1.16 bits per heavy atom. The van der Waals surface area contributed by atoms with Gasteiger partial charge in [0.1, 0.15) is 17.2 Å². The minimum Gasteiger partial charge on any atom is -0.332 e. The predicted octanol–water partition coefficient (Wildman–Crippen LogP) is 1.02. The van der Waals surface area contributed by atoms with Crippen molar-refractivity contribution in [1.82, 2.24) is 25.3 Å². The first-order valence-corrected chi connectivity index (χ1v) is 5.24. The summed E-state index contributed by atoms with van der Waals surface area (Å²) in [5, 5.41) is 9.72. The van der Waals surface area contributed by atoms with Crippen LogP contribution in [-0.4, -0.2) is 25.3 Å². The van der Waals surface area contributed by atoms with E-state index in [0.29, 0.717) is 11.4 Å². The number of hydrogen-bond acceptors (Lipinski definition) is 6. The summed E-state index contributed by atoms with van der Waals surface area (Å²) in [4.78, 5) is 18.8. The van der Waals surface area contributed by atoms with E-state index in [1.807, 2.05) is 0 Å². The molecule has 3 aromatic heterocycles. The van der Waals surface area contributed by atoms with Gasteiger partial charge in [-0.3, -0.25) is 4.79 Å². The summed E-state index contributed by atoms with van der Waals surface area (Å²) < 4.78 is 17.7. The van der Waals surface area contributed by atoms with Gasteiger partial charge in [0.25, 0.3) is 11.4 Å². The Morgan fingerprint density at radius 2 is 2.00 bits per heavy atom. The lowest BCUT2D eigenvalue weighted by molar-refractivity contribution is 0.430. The number of aromatic nitrogens is 5. The maximum Gasteiger partial charge on any atom is 0.278 e. The third-order valence-corrected chi connectivity index (χ3v) is 2.28. The van der Waals surface area contributed by atoms with Crippen molar-refractivity contribution >= 4 is 0 Å². The van der Waals surface area contributed by atoms with E-state index in [1.165, 1.54) is 24.3 Å². The van der Waals surface area contributed by atoms with E-state index in [9.17, 15) is 9.18 Å². The van der Waals surface area contributed by atoms with Gasteiger partial charge in [-0.15, -0.1) is 0 Å². The standard InChI is InChI=1S/C11H6FN5O2/c12-6-1-2-7(13-5-6)10-14-11(19-17-10)8-3-4-9(18)16-15-8/h1-5H,(H,16,18). The number of nitrogens with one attached hydrogen (secondary N) is 1. The van der Waals surface area contributed by atoms with Crippen LogP contribution in [0.25, 0.3) is 23.1 Å². The molecular formula is C11H6FN5O2. The smallest absolute Gasteiger partial charge is 0.278 e. The first-order chi connectivity index (χ1) is 9.22. The van der Waals surface area contributed by atoms with Crippen LogP contribution in [0, 0.1) is 5.82 Å². The summed E-state index contributed by atoms with van der Waals surface area (Å²) >= 11 is 0. The molecule has 1 N–H and O–H groups in total. The van der Waals surface area contributed by atoms with Gasteiger partial charge in [-0.05, 0) is 18.2 Å². The quantitative estimate of drug-likeness (QED) is 0.737. The molecule has 0 amide bonds. The van der Waals surface area contributed by atoms with Crippen molar-refractivity contribution in [3.8, 4) is 23.1 Å². The van der Waals surface area contributed by atoms with Crippen molar-refractivity contribution in [2.24, 2.45) is 0 Å². The van der Waals surface area contributed by atoms with E-state index in [1.54, 1.807) is 0 Å². The summed E-state index contributed by atoms with van der Waals surface area (Å²) in [6.45, 7) is 0. The molecule has 0 aromatic carbocycles. The number of pyridine rings is 1. The lowest BCUT2D eigenvalue weighted by Crippen LogP contribution is -2.05. The molecule has 3 aromatic rings. The molecule has 0 aliphatic carbocycles. The molecule has 19 heavy (non-hydrogen) atoms. The molecule has 94 valence electrons. The molecule has 0 saturated heterocycles. The third kappa shape index (κ3) is 2.23. The number of halogens is 1. The van der Waals surface area contributed by atoms with Gasteiger partial charge >= 0.3 is 0 Å². The Morgan fingerprint density at radius 3 is 2.68 bits per heavy atom. The Balaban J connectivity index is 1.97. The Hall–Kier alpha value is -2.90. The van der Waals surface area contributed by atoms with E-state index in [4.69, 9.17) is 4.52 Å². The highest BCUT2D eigenvalue weighted by atomic mass is 19.1. The zero-order valence-electron chi connectivity index (χ0n) is 9.37. The fraction of sp³-hybridized carbons (Fsp3) is 0. The van der Waals surface area contributed by atoms with Crippen LogP contribution in [0.15, 0.2) is 39.8 Å². The summed E-state index contributed by atoms with van der Waals surface area (Å²) in [7, 11) is 0. The number of rotatable bonds is 2. The van der Waals surface area contributed by atoms with Crippen molar-refractivity contribution in [3.63, 3.8) is 0 Å². The van der Waals surface area contributed by atoms with Crippen LogP contribution in [-0.2, 0) is 0 Å². The first kappa shape index (κ1) is 11.2. The minimum atomic E-state index is -0.449. The van der Waals surface area contributed by atoms with Crippen molar-refractivity contribution < 1.29 is 8.91 Å². The second kappa shape index (κ2) is 4.41. The average Bonchev–Trinajstić information content (AvgIpc) is 2.90. The van der Waals surface area contributed by atoms with Gasteiger partial charge in [-0.25, -0.2) is 14.5 Å². The molecule has 0 saturated carbocycles. The van der Waals surface area contributed by atoms with E-state index >= 15 is 0 Å². The lowest BCUT2D eigenvalue weighted by Gasteiger charge is -1.92. The molecule has 3 heterocycles. The molecule has 0 spiro atoms. The Bertz CT molecular complexity index is 745. The normalized spacial score (nSPS) is 10.6. The number of aromatic amines is 1. The second-order valence-electron chi connectivity index (χ2n) is 3.59. The monoisotopic (exact) mass is 259 g/mol. The van der Waals surface area contributed by atoms with Crippen LogP contribution in [0.5, 0.6) is 0 Å². The second-order valence-corrected chi connectivity index (χ2v) is 3.59. The van der Waals surface area contributed by atoms with Crippen LogP contribution < -0.4 is 5.56 Å². The third-order valence-electron chi connectivity index (χ3n) is 2.28. The molecule has 0 unspecified atom stereocenters. The minimum absolute atomic E-state index is 0.136. The van der Waals surface area contributed by atoms with Gasteiger partial charge in [0.05, 0.1) is 6.20 Å². The molecular weight excluding hydrogens is 253 g/mol. The van der Waals surface area contributed by atoms with E-state index in [2.05, 4.69) is 25.3 Å². The van der Waals surface area contributed by atoms with Gasteiger partial charge in [0, 0.05) is 6.07 Å². The Kier molecular flexibility index (Phi) is 2.60. The molecule has 0 aliphatic rings. The largest absolute Gasteiger partial charge is 0.332 e. The molecule has 8 heteroatoms. The molecule has 0 aliphatic heterocycles. The van der Waals surface area contributed by atoms with Crippen LogP contribution in [0.3, 0.4) is 0 Å². The fourth-order valence-corrected chi connectivity index (χ4v) is 1.40. The molecule has 7 nitrogen and oxygen atoms in total. The topological polar surface area (TPSA) is 97.6 Å². The molecule has 0 fully saturated rings. The van der Waals surface area contributed by atoms with Crippen molar-refractivity contribution in [1.29, 1.82) is 0 Å². The molecule has 0 bridgehead atoms. The zero-order chi connectivity index (χ0) is 13.2. The number of hydrogen-bond donors (Lipinski definition) is 1. The van der Waals surface area contributed by atoms with Gasteiger partial charge < -0.3 is 4.52 Å². The van der Waals surface area contributed by atoms with E-state index in [0.717, 1.165) is 6.20 Å².